The lowest BCUT2D eigenvalue weighted by Crippen LogP contribution is -2.42. The van der Waals surface area contributed by atoms with E-state index < -0.39 is 18.4 Å². The Morgan fingerprint density at radius 2 is 1.87 bits per heavy atom. The number of rotatable bonds is 10. The molecule has 0 spiro atoms. The predicted molar refractivity (Wildman–Crippen MR) is 111 cm³/mol. The summed E-state index contributed by atoms with van der Waals surface area (Å²) < 4.78 is 48.1. The number of ether oxygens (including phenoxy) is 2. The highest BCUT2D eigenvalue weighted by molar-refractivity contribution is 5.81. The van der Waals surface area contributed by atoms with Crippen molar-refractivity contribution in [3.63, 3.8) is 0 Å². The van der Waals surface area contributed by atoms with Crippen molar-refractivity contribution in [3.8, 4) is 11.5 Å². The molecule has 0 saturated heterocycles. The SMILES string of the molecule is CN=C(NCc1cc(OC)ccc1OC(F)F)NCC(Cc1ccc(F)cc1)C(N)=O. The maximum Gasteiger partial charge on any atom is 0.387 e. The van der Waals surface area contributed by atoms with Gasteiger partial charge in [0.25, 0.3) is 0 Å². The van der Waals surface area contributed by atoms with Gasteiger partial charge in [-0.2, -0.15) is 8.78 Å². The summed E-state index contributed by atoms with van der Waals surface area (Å²) in [7, 11) is 2.99. The maximum absolute atomic E-state index is 13.1. The fourth-order valence-corrected chi connectivity index (χ4v) is 2.83. The molecular weight excluding hydrogens is 413 g/mol. The van der Waals surface area contributed by atoms with Crippen LogP contribution in [0.4, 0.5) is 13.2 Å². The van der Waals surface area contributed by atoms with E-state index in [-0.39, 0.29) is 24.7 Å². The Hall–Kier alpha value is -3.43. The smallest absolute Gasteiger partial charge is 0.387 e. The Labute approximate surface area is 178 Å². The van der Waals surface area contributed by atoms with Gasteiger partial charge in [-0.15, -0.1) is 0 Å². The van der Waals surface area contributed by atoms with E-state index >= 15 is 0 Å². The number of aliphatic imine (C=N–C) groups is 1. The van der Waals surface area contributed by atoms with Gasteiger partial charge < -0.3 is 25.8 Å². The highest BCUT2D eigenvalue weighted by Gasteiger charge is 2.17. The molecule has 0 fully saturated rings. The summed E-state index contributed by atoms with van der Waals surface area (Å²) in [5, 5.41) is 5.96. The molecule has 10 heteroatoms. The average molecular weight is 438 g/mol. The van der Waals surface area contributed by atoms with Crippen molar-refractivity contribution in [3.05, 3.63) is 59.4 Å². The molecule has 0 aliphatic rings. The van der Waals surface area contributed by atoms with Crippen molar-refractivity contribution in [1.29, 1.82) is 0 Å². The summed E-state index contributed by atoms with van der Waals surface area (Å²) in [6.45, 7) is -2.68. The fourth-order valence-electron chi connectivity index (χ4n) is 2.83. The number of benzene rings is 2. The largest absolute Gasteiger partial charge is 0.497 e. The van der Waals surface area contributed by atoms with Crippen LogP contribution in [-0.2, 0) is 17.8 Å². The van der Waals surface area contributed by atoms with Crippen molar-refractivity contribution in [2.45, 2.75) is 19.6 Å². The number of nitrogens with two attached hydrogens (primary N) is 1. The number of alkyl halides is 2. The van der Waals surface area contributed by atoms with Gasteiger partial charge in [0.2, 0.25) is 5.91 Å². The van der Waals surface area contributed by atoms with E-state index in [0.717, 1.165) is 5.56 Å². The van der Waals surface area contributed by atoms with Gasteiger partial charge in [0.05, 0.1) is 13.0 Å². The second-order valence-corrected chi connectivity index (χ2v) is 6.59. The second kappa shape index (κ2) is 11.7. The van der Waals surface area contributed by atoms with Gasteiger partial charge in [0.15, 0.2) is 5.96 Å². The molecule has 0 bridgehead atoms. The number of guanidine groups is 1. The van der Waals surface area contributed by atoms with Crippen LogP contribution in [0.1, 0.15) is 11.1 Å². The van der Waals surface area contributed by atoms with E-state index in [0.29, 0.717) is 23.7 Å². The number of hydrogen-bond donors (Lipinski definition) is 3. The molecule has 2 aromatic rings. The molecule has 4 N–H and O–H groups in total. The Bertz CT molecular complexity index is 892. The monoisotopic (exact) mass is 438 g/mol. The minimum absolute atomic E-state index is 0.00470. The molecule has 0 aliphatic carbocycles. The molecule has 0 aliphatic heterocycles. The van der Waals surface area contributed by atoms with Gasteiger partial charge in [0.1, 0.15) is 17.3 Å². The normalized spacial score (nSPS) is 12.4. The highest BCUT2D eigenvalue weighted by atomic mass is 19.3. The summed E-state index contributed by atoms with van der Waals surface area (Å²) in [6.07, 6.45) is 0.321. The van der Waals surface area contributed by atoms with Crippen LogP contribution in [-0.4, -0.2) is 39.2 Å². The molecule has 0 radical (unpaired) electrons. The summed E-state index contributed by atoms with van der Waals surface area (Å²) in [5.74, 6) is -0.642. The van der Waals surface area contributed by atoms with E-state index in [1.54, 1.807) is 18.2 Å². The van der Waals surface area contributed by atoms with Gasteiger partial charge >= 0.3 is 6.61 Å². The number of nitrogens with one attached hydrogen (secondary N) is 2. The van der Waals surface area contributed by atoms with Gasteiger partial charge in [0, 0.05) is 25.7 Å². The van der Waals surface area contributed by atoms with E-state index in [9.17, 15) is 18.0 Å². The van der Waals surface area contributed by atoms with Crippen molar-refractivity contribution >= 4 is 11.9 Å². The number of halogens is 3. The lowest BCUT2D eigenvalue weighted by atomic mass is 9.98. The number of nitrogens with zero attached hydrogens (tertiary/aromatic N) is 1. The Morgan fingerprint density at radius 3 is 2.45 bits per heavy atom. The first-order valence-corrected chi connectivity index (χ1v) is 9.42. The van der Waals surface area contributed by atoms with Crippen molar-refractivity contribution in [1.82, 2.24) is 10.6 Å². The molecule has 2 rings (SSSR count). The standard InChI is InChI=1S/C21H25F3N4O3/c1-26-21(27-11-14-10-17(30-2)7-8-18(14)31-20(23)24)28-12-15(19(25)29)9-13-3-5-16(22)6-4-13/h3-8,10,15,20H,9,11-12H2,1-2H3,(H2,25,29)(H2,26,27,28). The summed E-state index contributed by atoms with van der Waals surface area (Å²) >= 11 is 0. The molecule has 0 saturated carbocycles. The Morgan fingerprint density at radius 1 is 1.16 bits per heavy atom. The minimum Gasteiger partial charge on any atom is -0.497 e. The van der Waals surface area contributed by atoms with Crippen molar-refractivity contribution in [2.75, 3.05) is 20.7 Å². The van der Waals surface area contributed by atoms with Crippen LogP contribution in [0, 0.1) is 11.7 Å². The van der Waals surface area contributed by atoms with Crippen LogP contribution in [0.15, 0.2) is 47.5 Å². The van der Waals surface area contributed by atoms with Crippen molar-refractivity contribution < 1.29 is 27.4 Å². The zero-order valence-electron chi connectivity index (χ0n) is 17.2. The van der Waals surface area contributed by atoms with Crippen LogP contribution in [0.5, 0.6) is 11.5 Å². The maximum atomic E-state index is 13.1. The van der Waals surface area contributed by atoms with E-state index in [2.05, 4.69) is 20.4 Å². The number of carbonyl (C=O) groups excluding carboxylic acids is 1. The van der Waals surface area contributed by atoms with Crippen LogP contribution in [0.25, 0.3) is 0 Å². The van der Waals surface area contributed by atoms with Gasteiger partial charge in [-0.05, 0) is 42.3 Å². The molecule has 1 amide bonds. The molecule has 0 heterocycles. The summed E-state index contributed by atoms with van der Waals surface area (Å²) in [6, 6.07) is 10.3. The average Bonchev–Trinajstić information content (AvgIpc) is 2.74. The number of hydrogen-bond acceptors (Lipinski definition) is 4. The third kappa shape index (κ3) is 7.72. The lowest BCUT2D eigenvalue weighted by Gasteiger charge is -2.18. The predicted octanol–water partition coefficient (Wildman–Crippen LogP) is 2.44. The Balaban J connectivity index is 2.00. The van der Waals surface area contributed by atoms with Gasteiger partial charge in [-0.1, -0.05) is 12.1 Å². The highest BCUT2D eigenvalue weighted by Crippen LogP contribution is 2.25. The third-order valence-corrected chi connectivity index (χ3v) is 4.47. The topological polar surface area (TPSA) is 98.0 Å². The fraction of sp³-hybridized carbons (Fsp3) is 0.333. The first kappa shape index (κ1) is 23.8. The van der Waals surface area contributed by atoms with Crippen molar-refractivity contribution in [2.24, 2.45) is 16.6 Å². The van der Waals surface area contributed by atoms with E-state index in [1.165, 1.54) is 38.4 Å². The first-order valence-electron chi connectivity index (χ1n) is 9.42. The minimum atomic E-state index is -2.97. The number of amides is 1. The number of methoxy groups -OCH3 is 1. The molecular formula is C21H25F3N4O3. The zero-order valence-corrected chi connectivity index (χ0v) is 17.2. The molecule has 2 aromatic carbocycles. The molecule has 168 valence electrons. The van der Waals surface area contributed by atoms with E-state index in [4.69, 9.17) is 10.5 Å². The van der Waals surface area contributed by atoms with Gasteiger partial charge in [-0.25, -0.2) is 4.39 Å². The molecule has 7 nitrogen and oxygen atoms in total. The number of carbonyl (C=O) groups is 1. The summed E-state index contributed by atoms with van der Waals surface area (Å²) in [4.78, 5) is 15.9. The van der Waals surface area contributed by atoms with E-state index in [1.807, 2.05) is 0 Å². The summed E-state index contributed by atoms with van der Waals surface area (Å²) in [5.41, 5.74) is 6.69. The molecule has 1 unspecified atom stereocenters. The quantitative estimate of drug-likeness (QED) is 0.391. The Kier molecular flexibility index (Phi) is 8.98. The molecule has 31 heavy (non-hydrogen) atoms. The van der Waals surface area contributed by atoms with Crippen LogP contribution in [0.2, 0.25) is 0 Å². The van der Waals surface area contributed by atoms with Gasteiger partial charge in [-0.3, -0.25) is 9.79 Å². The number of primary amides is 1. The van der Waals surface area contributed by atoms with Crippen LogP contribution in [0.3, 0.4) is 0 Å². The molecule has 0 aromatic heterocycles. The second-order valence-electron chi connectivity index (χ2n) is 6.59. The third-order valence-electron chi connectivity index (χ3n) is 4.47. The molecule has 1 atom stereocenters. The zero-order chi connectivity index (χ0) is 22.8. The van der Waals surface area contributed by atoms with Crippen LogP contribution >= 0.6 is 0 Å². The van der Waals surface area contributed by atoms with Crippen LogP contribution < -0.4 is 25.8 Å². The lowest BCUT2D eigenvalue weighted by molar-refractivity contribution is -0.121. The first-order chi connectivity index (χ1) is 14.8.